The average molecular weight is 695 g/mol. The number of carboxylic acids is 1. The van der Waals surface area contributed by atoms with Crippen LogP contribution in [0.1, 0.15) is 50.2 Å². The van der Waals surface area contributed by atoms with Gasteiger partial charge in [-0.2, -0.15) is 26.3 Å². The van der Waals surface area contributed by atoms with Gasteiger partial charge in [0.2, 0.25) is 5.91 Å². The van der Waals surface area contributed by atoms with Crippen LogP contribution >= 0.6 is 0 Å². The number of ether oxygens (including phenoxy) is 1. The standard InChI is InChI=1S/C35H40F6N4O4/c1-2-49-29-18-23(21-44-14-4-3-5-15-44)20-42-30(29)27-11-7-9-25-24(8-6-10-26(25)27)19-28(31(46)47)43-32(48)33(35(39,40)41)12-16-45(17-13-33)22-34(36,37)38/h6-11,18,20,28H,2-5,12-17,19,21-22H2,1H3,(H,43,48)(H,46,47)/t28-/m0/s1. The molecule has 266 valence electrons. The molecule has 2 aliphatic rings. The van der Waals surface area contributed by atoms with Crippen LogP contribution in [0.3, 0.4) is 0 Å². The number of amides is 1. The van der Waals surface area contributed by atoms with Crippen molar-refractivity contribution in [1.29, 1.82) is 0 Å². The summed E-state index contributed by atoms with van der Waals surface area (Å²) in [4.78, 5) is 33.6. The number of nitrogens with zero attached hydrogens (tertiary/aromatic N) is 3. The lowest BCUT2D eigenvalue weighted by atomic mass is 9.76. The van der Waals surface area contributed by atoms with E-state index in [-0.39, 0.29) is 6.42 Å². The van der Waals surface area contributed by atoms with Crippen molar-refractivity contribution in [1.82, 2.24) is 20.1 Å². The van der Waals surface area contributed by atoms with E-state index in [2.05, 4.69) is 10.2 Å². The Kier molecular flexibility index (Phi) is 11.1. The second kappa shape index (κ2) is 14.9. The lowest BCUT2D eigenvalue weighted by molar-refractivity contribution is -0.236. The van der Waals surface area contributed by atoms with Gasteiger partial charge in [-0.05, 0) is 86.8 Å². The zero-order valence-corrected chi connectivity index (χ0v) is 27.2. The highest BCUT2D eigenvalue weighted by molar-refractivity contribution is 5.99. The molecular formula is C35H40F6N4O4. The van der Waals surface area contributed by atoms with Gasteiger partial charge in [-0.1, -0.05) is 42.8 Å². The van der Waals surface area contributed by atoms with Gasteiger partial charge in [0, 0.05) is 24.7 Å². The first kappa shape index (κ1) is 36.4. The molecule has 0 unspecified atom stereocenters. The molecule has 2 aliphatic heterocycles. The zero-order chi connectivity index (χ0) is 35.4. The van der Waals surface area contributed by atoms with Gasteiger partial charge in [0.25, 0.3) is 0 Å². The van der Waals surface area contributed by atoms with E-state index in [1.807, 2.05) is 31.3 Å². The van der Waals surface area contributed by atoms with E-state index >= 15 is 0 Å². The Morgan fingerprint density at radius 1 is 0.959 bits per heavy atom. The normalized spacial score (nSPS) is 18.3. The van der Waals surface area contributed by atoms with Crippen molar-refractivity contribution in [3.63, 3.8) is 0 Å². The molecule has 49 heavy (non-hydrogen) atoms. The van der Waals surface area contributed by atoms with Gasteiger partial charge in [0.15, 0.2) is 0 Å². The molecule has 2 fully saturated rings. The summed E-state index contributed by atoms with van der Waals surface area (Å²) in [5.41, 5.74) is -0.245. The third-order valence-corrected chi connectivity index (χ3v) is 9.45. The van der Waals surface area contributed by atoms with Crippen LogP contribution in [0.2, 0.25) is 0 Å². The predicted molar refractivity (Wildman–Crippen MR) is 171 cm³/mol. The van der Waals surface area contributed by atoms with E-state index in [1.165, 1.54) is 6.42 Å². The zero-order valence-electron chi connectivity index (χ0n) is 27.2. The molecule has 5 rings (SSSR count). The molecule has 0 spiro atoms. The molecule has 8 nitrogen and oxygen atoms in total. The second-order valence-corrected chi connectivity index (χ2v) is 12.8. The lowest BCUT2D eigenvalue weighted by Crippen LogP contribution is -2.59. The fraction of sp³-hybridized carbons (Fsp3) is 0.514. The fourth-order valence-electron chi connectivity index (χ4n) is 6.88. The number of carboxylic acid groups (broad SMARTS) is 1. The molecule has 1 aromatic heterocycles. The quantitative estimate of drug-likeness (QED) is 0.219. The summed E-state index contributed by atoms with van der Waals surface area (Å²) in [6, 6.07) is 10.8. The van der Waals surface area contributed by atoms with Crippen LogP contribution in [-0.2, 0) is 22.6 Å². The molecule has 3 heterocycles. The first-order valence-corrected chi connectivity index (χ1v) is 16.5. The number of carbonyl (C=O) groups is 2. The number of hydrogen-bond donors (Lipinski definition) is 2. The Balaban J connectivity index is 1.40. The number of rotatable bonds is 11. The first-order valence-electron chi connectivity index (χ1n) is 16.5. The molecule has 14 heteroatoms. The van der Waals surface area contributed by atoms with Crippen LogP contribution < -0.4 is 10.1 Å². The topological polar surface area (TPSA) is 95.0 Å². The molecule has 2 N–H and O–H groups in total. The number of likely N-dealkylation sites (tertiary alicyclic amines) is 2. The van der Waals surface area contributed by atoms with Crippen LogP contribution in [0.5, 0.6) is 5.75 Å². The Bertz CT molecular complexity index is 1630. The summed E-state index contributed by atoms with van der Waals surface area (Å²) in [7, 11) is 0. The number of fused-ring (bicyclic) bond motifs is 1. The maximum Gasteiger partial charge on any atom is 0.403 e. The molecule has 0 saturated carbocycles. The van der Waals surface area contributed by atoms with E-state index < -0.39 is 68.2 Å². The van der Waals surface area contributed by atoms with Crippen LogP contribution in [0.25, 0.3) is 22.0 Å². The van der Waals surface area contributed by atoms with E-state index in [1.54, 1.807) is 24.3 Å². The van der Waals surface area contributed by atoms with Crippen molar-refractivity contribution >= 4 is 22.6 Å². The van der Waals surface area contributed by atoms with Gasteiger partial charge >= 0.3 is 18.3 Å². The summed E-state index contributed by atoms with van der Waals surface area (Å²) in [5, 5.41) is 13.4. The van der Waals surface area contributed by atoms with Crippen LogP contribution in [0.4, 0.5) is 26.3 Å². The SMILES string of the molecule is CCOc1cc(CN2CCCCC2)cnc1-c1cccc2c(C[C@H](NC(=O)C3(C(F)(F)F)CCN(CC(F)(F)F)CC3)C(=O)O)cccc12. The van der Waals surface area contributed by atoms with E-state index in [4.69, 9.17) is 9.72 Å². The van der Waals surface area contributed by atoms with E-state index in [9.17, 15) is 41.0 Å². The Morgan fingerprint density at radius 3 is 2.27 bits per heavy atom. The largest absolute Gasteiger partial charge is 0.492 e. The van der Waals surface area contributed by atoms with Crippen molar-refractivity contribution in [2.24, 2.45) is 5.41 Å². The van der Waals surface area contributed by atoms with Crippen molar-refractivity contribution in [3.8, 4) is 17.0 Å². The summed E-state index contributed by atoms with van der Waals surface area (Å²) >= 11 is 0. The molecular weight excluding hydrogens is 654 g/mol. The second-order valence-electron chi connectivity index (χ2n) is 12.8. The average Bonchev–Trinajstić information content (AvgIpc) is 3.04. The summed E-state index contributed by atoms with van der Waals surface area (Å²) in [5.74, 6) is -2.52. The van der Waals surface area contributed by atoms with Crippen LogP contribution in [-0.4, -0.2) is 89.5 Å². The molecule has 1 atom stereocenters. The Morgan fingerprint density at radius 2 is 1.63 bits per heavy atom. The number of piperidine rings is 2. The molecule has 1 amide bonds. The molecule has 0 bridgehead atoms. The third kappa shape index (κ3) is 8.46. The van der Waals surface area contributed by atoms with Gasteiger partial charge in [0.1, 0.15) is 22.9 Å². The summed E-state index contributed by atoms with van der Waals surface area (Å²) in [6.45, 7) is 2.43. The molecule has 0 aliphatic carbocycles. The number of nitrogens with one attached hydrogen (secondary N) is 1. The van der Waals surface area contributed by atoms with Crippen molar-refractivity contribution < 1.29 is 45.8 Å². The minimum Gasteiger partial charge on any atom is -0.492 e. The third-order valence-electron chi connectivity index (χ3n) is 9.45. The number of pyridine rings is 1. The first-order chi connectivity index (χ1) is 23.2. The summed E-state index contributed by atoms with van der Waals surface area (Å²) in [6.07, 6.45) is -6.54. The molecule has 2 saturated heterocycles. The van der Waals surface area contributed by atoms with Gasteiger partial charge in [0.05, 0.1) is 13.2 Å². The van der Waals surface area contributed by atoms with Crippen molar-refractivity contribution in [2.45, 2.75) is 70.4 Å². The minimum atomic E-state index is -5.10. The maximum atomic E-state index is 14.4. The van der Waals surface area contributed by atoms with Crippen molar-refractivity contribution in [3.05, 3.63) is 59.8 Å². The Hall–Kier alpha value is -3.91. The number of alkyl halides is 6. The number of aliphatic carboxylic acids is 1. The molecule has 0 radical (unpaired) electrons. The van der Waals surface area contributed by atoms with Gasteiger partial charge < -0.3 is 15.2 Å². The number of halogens is 6. The van der Waals surface area contributed by atoms with Crippen LogP contribution in [0, 0.1) is 5.41 Å². The number of carbonyl (C=O) groups excluding carboxylic acids is 1. The summed E-state index contributed by atoms with van der Waals surface area (Å²) < 4.78 is 87.7. The predicted octanol–water partition coefficient (Wildman–Crippen LogP) is 6.61. The number of benzene rings is 2. The highest BCUT2D eigenvalue weighted by atomic mass is 19.4. The van der Waals surface area contributed by atoms with Gasteiger partial charge in [-0.3, -0.25) is 19.6 Å². The van der Waals surface area contributed by atoms with Gasteiger partial charge in [-0.15, -0.1) is 0 Å². The van der Waals surface area contributed by atoms with Crippen LogP contribution in [0.15, 0.2) is 48.7 Å². The fourth-order valence-corrected chi connectivity index (χ4v) is 6.88. The molecule has 3 aromatic rings. The van der Waals surface area contributed by atoms with E-state index in [0.717, 1.165) is 42.9 Å². The van der Waals surface area contributed by atoms with E-state index in [0.29, 0.717) is 39.9 Å². The monoisotopic (exact) mass is 694 g/mol. The van der Waals surface area contributed by atoms with Gasteiger partial charge in [-0.25, -0.2) is 4.79 Å². The highest BCUT2D eigenvalue weighted by Gasteiger charge is 2.61. The smallest absolute Gasteiger partial charge is 0.403 e. The highest BCUT2D eigenvalue weighted by Crippen LogP contribution is 2.47. The lowest BCUT2D eigenvalue weighted by Gasteiger charge is -2.42. The number of hydrogen-bond acceptors (Lipinski definition) is 6. The Labute approximate surface area is 280 Å². The number of aromatic nitrogens is 1. The minimum absolute atomic E-state index is 0.337. The molecule has 2 aromatic carbocycles. The maximum absolute atomic E-state index is 14.4. The van der Waals surface area contributed by atoms with Crippen molar-refractivity contribution in [2.75, 3.05) is 39.3 Å².